The Morgan fingerprint density at radius 2 is 1.82 bits per heavy atom. The molecule has 1 aliphatic rings. The van der Waals surface area contributed by atoms with Gasteiger partial charge in [0.05, 0.1) is 6.61 Å². The molecule has 1 fully saturated rings. The Morgan fingerprint density at radius 3 is 2.00 bits per heavy atom. The van der Waals surface area contributed by atoms with Crippen LogP contribution in [0.25, 0.3) is 0 Å². The van der Waals surface area contributed by atoms with E-state index in [0.29, 0.717) is 6.42 Å². The summed E-state index contributed by atoms with van der Waals surface area (Å²) in [5, 5.41) is 20.4. The van der Waals surface area contributed by atoms with Crippen LogP contribution in [0.15, 0.2) is 0 Å². The van der Waals surface area contributed by atoms with Crippen LogP contribution < -0.4 is 0 Å². The number of rotatable bonds is 2. The van der Waals surface area contributed by atoms with Gasteiger partial charge in [-0.2, -0.15) is 0 Å². The van der Waals surface area contributed by atoms with Gasteiger partial charge in [-0.3, -0.25) is 25.0 Å². The van der Waals surface area contributed by atoms with E-state index in [1.165, 1.54) is 0 Å². The molecule has 0 radical (unpaired) electrons. The molecular weight excluding hydrogens is 156 g/mol. The lowest BCUT2D eigenvalue weighted by Crippen LogP contribution is -2.45. The fourth-order valence-corrected chi connectivity index (χ4v) is 0.965. The highest BCUT2D eigenvalue weighted by Gasteiger charge is 2.60. The van der Waals surface area contributed by atoms with Gasteiger partial charge < -0.3 is 0 Å². The third-order valence-corrected chi connectivity index (χ3v) is 1.55. The van der Waals surface area contributed by atoms with Gasteiger partial charge in [0.25, 0.3) is 0 Å². The lowest BCUT2D eigenvalue weighted by Gasteiger charge is -2.07. The fraction of sp³-hybridized carbons (Fsp3) is 1.00. The average Bonchev–Trinajstić information content (AvgIpc) is 2.34. The second-order valence-corrected chi connectivity index (χ2v) is 2.21. The minimum absolute atomic E-state index is 0.0853. The number of ether oxygens (including phenoxy) is 1. The molecule has 0 atom stereocenters. The molecule has 1 heterocycles. The molecule has 0 bridgehead atoms. The first kappa shape index (κ1) is 7.86. The number of hydrogen-bond donors (Lipinski definition) is 0. The van der Waals surface area contributed by atoms with Crippen LogP contribution in [-0.2, 0) is 4.74 Å². The van der Waals surface area contributed by atoms with Crippen molar-refractivity contribution in [2.45, 2.75) is 18.7 Å². The molecule has 0 aliphatic carbocycles. The standard InChI is InChI=1S/C4H6N2O5/c7-5(8)4(6(9)10)2-1-3-11-4/h1-3H2. The Morgan fingerprint density at radius 1 is 1.27 bits per heavy atom. The largest absolute Gasteiger partial charge is 0.578 e. The Kier molecular flexibility index (Phi) is 1.73. The molecule has 0 aromatic rings. The van der Waals surface area contributed by atoms with Crippen molar-refractivity contribution in [2.24, 2.45) is 0 Å². The average molecular weight is 162 g/mol. The molecule has 1 aliphatic heterocycles. The smallest absolute Gasteiger partial charge is 0.256 e. The normalized spacial score (nSPS) is 21.5. The minimum atomic E-state index is -2.36. The van der Waals surface area contributed by atoms with Crippen LogP contribution in [0.3, 0.4) is 0 Å². The van der Waals surface area contributed by atoms with Crippen molar-refractivity contribution in [1.29, 1.82) is 0 Å². The molecule has 11 heavy (non-hydrogen) atoms. The molecule has 1 saturated heterocycles. The van der Waals surface area contributed by atoms with Gasteiger partial charge in [-0.1, -0.05) is 0 Å². The van der Waals surface area contributed by atoms with Crippen molar-refractivity contribution < 1.29 is 14.6 Å². The Hall–Kier alpha value is -1.24. The summed E-state index contributed by atoms with van der Waals surface area (Å²) < 4.78 is 4.47. The summed E-state index contributed by atoms with van der Waals surface area (Å²) in [4.78, 5) is 18.4. The second kappa shape index (κ2) is 2.42. The van der Waals surface area contributed by atoms with Crippen LogP contribution in [0.2, 0.25) is 0 Å². The van der Waals surface area contributed by atoms with Crippen molar-refractivity contribution in [3.63, 3.8) is 0 Å². The molecule has 0 spiro atoms. The maximum atomic E-state index is 10.2. The van der Waals surface area contributed by atoms with E-state index in [2.05, 4.69) is 4.74 Å². The lowest BCUT2D eigenvalue weighted by molar-refractivity contribution is -0.844. The predicted octanol–water partition coefficient (Wildman–Crippen LogP) is 0.00400. The summed E-state index contributed by atoms with van der Waals surface area (Å²) in [7, 11) is 0. The van der Waals surface area contributed by atoms with E-state index in [1.54, 1.807) is 0 Å². The van der Waals surface area contributed by atoms with E-state index in [1.807, 2.05) is 0 Å². The fourth-order valence-electron chi connectivity index (χ4n) is 0.965. The van der Waals surface area contributed by atoms with Crippen molar-refractivity contribution in [3.8, 4) is 0 Å². The highest BCUT2D eigenvalue weighted by molar-refractivity contribution is 4.61. The van der Waals surface area contributed by atoms with Crippen LogP contribution in [0.4, 0.5) is 0 Å². The zero-order valence-corrected chi connectivity index (χ0v) is 5.56. The first-order valence-electron chi connectivity index (χ1n) is 3.02. The van der Waals surface area contributed by atoms with Gasteiger partial charge in [-0.25, -0.2) is 0 Å². The van der Waals surface area contributed by atoms with Gasteiger partial charge in [0.1, 0.15) is 16.3 Å². The zero-order valence-electron chi connectivity index (χ0n) is 5.56. The van der Waals surface area contributed by atoms with Crippen LogP contribution in [0, 0.1) is 20.2 Å². The molecule has 0 aromatic carbocycles. The maximum absolute atomic E-state index is 10.2. The van der Waals surface area contributed by atoms with Crippen molar-refractivity contribution >= 4 is 0 Å². The van der Waals surface area contributed by atoms with E-state index in [-0.39, 0.29) is 13.0 Å². The molecule has 7 heteroatoms. The molecule has 0 amide bonds. The first-order chi connectivity index (χ1) is 5.09. The molecule has 62 valence electrons. The second-order valence-electron chi connectivity index (χ2n) is 2.21. The summed E-state index contributed by atoms with van der Waals surface area (Å²) in [6, 6.07) is 0. The molecule has 1 rings (SSSR count). The summed E-state index contributed by atoms with van der Waals surface area (Å²) in [6.45, 7) is 0.0853. The topological polar surface area (TPSA) is 95.5 Å². The number of nitro groups is 2. The van der Waals surface area contributed by atoms with Gasteiger partial charge >= 0.3 is 5.85 Å². The molecular formula is C4H6N2O5. The van der Waals surface area contributed by atoms with Crippen molar-refractivity contribution in [2.75, 3.05) is 6.61 Å². The minimum Gasteiger partial charge on any atom is -0.256 e. The summed E-state index contributed by atoms with van der Waals surface area (Å²) in [6.07, 6.45) is 0.217. The Labute approximate surface area is 61.2 Å². The van der Waals surface area contributed by atoms with Gasteiger partial charge in [0.15, 0.2) is 0 Å². The summed E-state index contributed by atoms with van der Waals surface area (Å²) in [5.74, 6) is -2.36. The highest BCUT2D eigenvalue weighted by Crippen LogP contribution is 2.26. The van der Waals surface area contributed by atoms with E-state index in [0.717, 1.165) is 0 Å². The summed E-state index contributed by atoms with van der Waals surface area (Å²) >= 11 is 0. The Bertz CT molecular complexity index is 181. The van der Waals surface area contributed by atoms with E-state index < -0.39 is 15.7 Å². The van der Waals surface area contributed by atoms with E-state index in [9.17, 15) is 20.2 Å². The number of hydrogen-bond acceptors (Lipinski definition) is 5. The quantitative estimate of drug-likeness (QED) is 0.323. The van der Waals surface area contributed by atoms with Gasteiger partial charge in [-0.15, -0.1) is 0 Å². The summed E-state index contributed by atoms with van der Waals surface area (Å²) in [5.41, 5.74) is 0. The van der Waals surface area contributed by atoms with E-state index in [4.69, 9.17) is 0 Å². The van der Waals surface area contributed by atoms with Gasteiger partial charge in [-0.05, 0) is 6.42 Å². The zero-order chi connectivity index (χ0) is 8.48. The predicted molar refractivity (Wildman–Crippen MR) is 31.9 cm³/mol. The van der Waals surface area contributed by atoms with Crippen LogP contribution in [-0.4, -0.2) is 22.3 Å². The molecule has 0 N–H and O–H groups in total. The van der Waals surface area contributed by atoms with Crippen LogP contribution in [0.1, 0.15) is 12.8 Å². The van der Waals surface area contributed by atoms with Crippen molar-refractivity contribution in [1.82, 2.24) is 0 Å². The maximum Gasteiger partial charge on any atom is 0.578 e. The monoisotopic (exact) mass is 162 g/mol. The third kappa shape index (κ3) is 1.03. The van der Waals surface area contributed by atoms with Crippen LogP contribution in [0.5, 0.6) is 0 Å². The van der Waals surface area contributed by atoms with Crippen LogP contribution >= 0.6 is 0 Å². The molecule has 0 saturated carbocycles. The highest BCUT2D eigenvalue weighted by atomic mass is 16.8. The molecule has 0 aromatic heterocycles. The Balaban J connectivity index is 2.87. The van der Waals surface area contributed by atoms with Gasteiger partial charge in [0, 0.05) is 0 Å². The van der Waals surface area contributed by atoms with Crippen molar-refractivity contribution in [3.05, 3.63) is 20.2 Å². The van der Waals surface area contributed by atoms with E-state index >= 15 is 0 Å². The molecule has 0 unspecified atom stereocenters. The lowest BCUT2D eigenvalue weighted by atomic mass is 10.3. The third-order valence-electron chi connectivity index (χ3n) is 1.55. The number of nitrogens with zero attached hydrogens (tertiary/aromatic N) is 2. The SMILES string of the molecule is O=[N+]([O-])C1([N+](=O)[O-])CCCO1. The first-order valence-corrected chi connectivity index (χ1v) is 3.02. The molecule has 7 nitrogen and oxygen atoms in total. The van der Waals surface area contributed by atoms with Gasteiger partial charge in [0.2, 0.25) is 0 Å².